The average molecular weight is 455 g/mol. The Morgan fingerprint density at radius 1 is 1.11 bits per heavy atom. The number of methoxy groups -OCH3 is 1. The van der Waals surface area contributed by atoms with Crippen LogP contribution >= 0.6 is 28.1 Å². The summed E-state index contributed by atoms with van der Waals surface area (Å²) in [6.45, 7) is 0. The van der Waals surface area contributed by atoms with E-state index in [4.69, 9.17) is 17.0 Å². The molecule has 4 aromatic rings. The van der Waals surface area contributed by atoms with Crippen LogP contribution in [0.1, 0.15) is 5.56 Å². The molecule has 2 N–H and O–H groups in total. The average Bonchev–Trinajstić information content (AvgIpc) is 3.34. The normalized spacial score (nSPS) is 11.2. The van der Waals surface area contributed by atoms with E-state index in [1.54, 1.807) is 18.0 Å². The minimum absolute atomic E-state index is 0.384. The summed E-state index contributed by atoms with van der Waals surface area (Å²) < 4.78 is 8.02. The number of aromatic amines is 2. The molecule has 140 valence electrons. The van der Waals surface area contributed by atoms with Gasteiger partial charge in [0.15, 0.2) is 0 Å². The molecule has 2 heterocycles. The zero-order valence-corrected chi connectivity index (χ0v) is 17.2. The molecule has 0 aliphatic rings. The molecule has 2 aromatic heterocycles. The maximum absolute atomic E-state index is 5.32. The molecule has 7 nitrogen and oxygen atoms in total. The van der Waals surface area contributed by atoms with Crippen molar-refractivity contribution >= 4 is 34.4 Å². The third kappa shape index (κ3) is 3.67. The Labute approximate surface area is 174 Å². The summed E-state index contributed by atoms with van der Waals surface area (Å²) >= 11 is 8.79. The lowest BCUT2D eigenvalue weighted by atomic mass is 10.1. The standard InChI is InChI=1S/C19H15BrN6OS/c1-27-17-8-7-12(9-14(17)20)11-21-26-18(24-25-19(26)28)16-10-15(22-23-16)13-5-3-2-4-6-13/h2-11H,1H3,(H,22,23)(H,25,28)/b21-11+. The molecule has 0 fully saturated rings. The van der Waals surface area contributed by atoms with Gasteiger partial charge < -0.3 is 4.74 Å². The Morgan fingerprint density at radius 2 is 1.93 bits per heavy atom. The van der Waals surface area contributed by atoms with Crippen molar-refractivity contribution in [3.63, 3.8) is 0 Å². The van der Waals surface area contributed by atoms with E-state index in [9.17, 15) is 0 Å². The quantitative estimate of drug-likeness (QED) is 0.339. The zero-order valence-electron chi connectivity index (χ0n) is 14.8. The summed E-state index contributed by atoms with van der Waals surface area (Å²) in [5, 5.41) is 18.9. The first-order valence-corrected chi connectivity index (χ1v) is 9.52. The van der Waals surface area contributed by atoms with Crippen LogP contribution in [0.15, 0.2) is 64.2 Å². The zero-order chi connectivity index (χ0) is 19.5. The highest BCUT2D eigenvalue weighted by Gasteiger charge is 2.12. The molecule has 0 radical (unpaired) electrons. The first kappa shape index (κ1) is 18.3. The van der Waals surface area contributed by atoms with Gasteiger partial charge in [0.2, 0.25) is 10.6 Å². The molecule has 0 atom stereocenters. The fraction of sp³-hybridized carbons (Fsp3) is 0.0526. The van der Waals surface area contributed by atoms with Crippen LogP contribution in [0.25, 0.3) is 22.8 Å². The largest absolute Gasteiger partial charge is 0.496 e. The highest BCUT2D eigenvalue weighted by Crippen LogP contribution is 2.25. The lowest BCUT2D eigenvalue weighted by molar-refractivity contribution is 0.412. The SMILES string of the molecule is COc1ccc(/C=N/n2c(-c3cc(-c4ccccc4)n[nH]3)n[nH]c2=S)cc1Br. The molecule has 0 spiro atoms. The number of halogens is 1. The van der Waals surface area contributed by atoms with Gasteiger partial charge in [-0.05, 0) is 58.0 Å². The minimum Gasteiger partial charge on any atom is -0.496 e. The third-order valence-electron chi connectivity index (χ3n) is 4.04. The highest BCUT2D eigenvalue weighted by molar-refractivity contribution is 9.10. The van der Waals surface area contributed by atoms with E-state index < -0.39 is 0 Å². The van der Waals surface area contributed by atoms with E-state index in [1.165, 1.54) is 0 Å². The van der Waals surface area contributed by atoms with Gasteiger partial charge in [-0.3, -0.25) is 5.10 Å². The molecule has 4 rings (SSSR count). The van der Waals surface area contributed by atoms with E-state index in [0.717, 1.165) is 27.0 Å². The monoisotopic (exact) mass is 454 g/mol. The van der Waals surface area contributed by atoms with Gasteiger partial charge in [-0.2, -0.15) is 20.0 Å². The summed E-state index contributed by atoms with van der Waals surface area (Å²) in [5.74, 6) is 1.30. The molecule has 0 bridgehead atoms. The number of ether oxygens (including phenoxy) is 1. The number of hydrogen-bond acceptors (Lipinski definition) is 5. The minimum atomic E-state index is 0.384. The van der Waals surface area contributed by atoms with Crippen molar-refractivity contribution in [1.82, 2.24) is 25.1 Å². The van der Waals surface area contributed by atoms with Crippen LogP contribution in [-0.4, -0.2) is 38.4 Å². The molecule has 9 heteroatoms. The smallest absolute Gasteiger partial charge is 0.216 e. The van der Waals surface area contributed by atoms with E-state index >= 15 is 0 Å². The number of nitrogens with zero attached hydrogens (tertiary/aromatic N) is 4. The second-order valence-corrected chi connectivity index (χ2v) is 7.08. The van der Waals surface area contributed by atoms with Crippen LogP contribution in [0, 0.1) is 4.77 Å². The Hall–Kier alpha value is -3.04. The van der Waals surface area contributed by atoms with Crippen LogP contribution in [0.3, 0.4) is 0 Å². The second-order valence-electron chi connectivity index (χ2n) is 5.84. The van der Waals surface area contributed by atoms with Crippen molar-refractivity contribution in [1.29, 1.82) is 0 Å². The number of benzene rings is 2. The van der Waals surface area contributed by atoms with Gasteiger partial charge in [0, 0.05) is 5.56 Å². The molecule has 0 saturated carbocycles. The fourth-order valence-electron chi connectivity index (χ4n) is 2.65. The number of nitrogens with one attached hydrogen (secondary N) is 2. The summed E-state index contributed by atoms with van der Waals surface area (Å²) in [5.41, 5.74) is 3.42. The predicted molar refractivity (Wildman–Crippen MR) is 114 cm³/mol. The summed E-state index contributed by atoms with van der Waals surface area (Å²) in [4.78, 5) is 0. The predicted octanol–water partition coefficient (Wildman–Crippen LogP) is 4.65. The van der Waals surface area contributed by atoms with Crippen LogP contribution in [0.4, 0.5) is 0 Å². The van der Waals surface area contributed by atoms with Gasteiger partial charge in [0.1, 0.15) is 11.4 Å². The first-order chi connectivity index (χ1) is 13.7. The van der Waals surface area contributed by atoms with Gasteiger partial charge in [-0.15, -0.1) is 0 Å². The van der Waals surface area contributed by atoms with Crippen LogP contribution < -0.4 is 4.74 Å². The Bertz CT molecular complexity index is 1190. The maximum atomic E-state index is 5.32. The number of aromatic nitrogens is 5. The molecular formula is C19H15BrN6OS. The maximum Gasteiger partial charge on any atom is 0.216 e. The molecule has 0 saturated heterocycles. The van der Waals surface area contributed by atoms with E-state index in [0.29, 0.717) is 16.3 Å². The van der Waals surface area contributed by atoms with Gasteiger partial charge in [0.05, 0.1) is 23.5 Å². The summed E-state index contributed by atoms with van der Waals surface area (Å²) in [6.07, 6.45) is 1.70. The Kier molecular flexibility index (Phi) is 5.18. The number of hydrogen-bond donors (Lipinski definition) is 2. The van der Waals surface area contributed by atoms with E-state index in [1.807, 2.05) is 54.6 Å². The van der Waals surface area contributed by atoms with Crippen LogP contribution in [-0.2, 0) is 0 Å². The molecule has 0 aliphatic heterocycles. The van der Waals surface area contributed by atoms with Gasteiger partial charge >= 0.3 is 0 Å². The van der Waals surface area contributed by atoms with Crippen molar-refractivity contribution in [2.24, 2.45) is 5.10 Å². The second kappa shape index (κ2) is 7.91. The van der Waals surface area contributed by atoms with E-state index in [-0.39, 0.29) is 0 Å². The molecule has 0 aliphatic carbocycles. The molecule has 0 unspecified atom stereocenters. The van der Waals surface area contributed by atoms with E-state index in [2.05, 4.69) is 41.4 Å². The molecule has 28 heavy (non-hydrogen) atoms. The topological polar surface area (TPSA) is 83.9 Å². The summed E-state index contributed by atoms with van der Waals surface area (Å²) in [6, 6.07) is 17.5. The number of rotatable bonds is 5. The van der Waals surface area contributed by atoms with Crippen molar-refractivity contribution in [3.05, 3.63) is 69.4 Å². The lowest BCUT2D eigenvalue weighted by Crippen LogP contribution is -1.95. The van der Waals surface area contributed by atoms with Crippen LogP contribution in [0.5, 0.6) is 5.75 Å². The highest BCUT2D eigenvalue weighted by atomic mass is 79.9. The Morgan fingerprint density at radius 3 is 2.68 bits per heavy atom. The van der Waals surface area contributed by atoms with Crippen LogP contribution in [0.2, 0.25) is 0 Å². The first-order valence-electron chi connectivity index (χ1n) is 8.32. The molecule has 2 aromatic carbocycles. The van der Waals surface area contributed by atoms with Crippen molar-refractivity contribution in [3.8, 4) is 28.5 Å². The van der Waals surface area contributed by atoms with Gasteiger partial charge in [-0.1, -0.05) is 30.3 Å². The Balaban J connectivity index is 1.66. The van der Waals surface area contributed by atoms with Crippen molar-refractivity contribution in [2.45, 2.75) is 0 Å². The molecular weight excluding hydrogens is 440 g/mol. The molecule has 0 amide bonds. The van der Waals surface area contributed by atoms with Crippen molar-refractivity contribution < 1.29 is 4.74 Å². The third-order valence-corrected chi connectivity index (χ3v) is 4.92. The van der Waals surface area contributed by atoms with Crippen molar-refractivity contribution in [2.75, 3.05) is 7.11 Å². The van der Waals surface area contributed by atoms with Gasteiger partial charge in [-0.25, -0.2) is 5.10 Å². The fourth-order valence-corrected chi connectivity index (χ4v) is 3.39. The number of H-pyrrole nitrogens is 2. The summed E-state index contributed by atoms with van der Waals surface area (Å²) in [7, 11) is 1.62. The lowest BCUT2D eigenvalue weighted by Gasteiger charge is -2.03. The van der Waals surface area contributed by atoms with Gasteiger partial charge in [0.25, 0.3) is 0 Å².